The molecule has 1 heterocycles. The van der Waals surface area contributed by atoms with E-state index in [2.05, 4.69) is 9.38 Å². The molecule has 0 saturated heterocycles. The normalized spacial score (nSPS) is 14.1. The van der Waals surface area contributed by atoms with Crippen LogP contribution in [0.3, 0.4) is 0 Å². The van der Waals surface area contributed by atoms with E-state index in [-0.39, 0.29) is 5.88 Å². The average molecular weight is 335 g/mol. The number of pyridine rings is 1. The van der Waals surface area contributed by atoms with E-state index in [0.29, 0.717) is 30.0 Å². The molecule has 0 aliphatic rings. The summed E-state index contributed by atoms with van der Waals surface area (Å²) in [7, 11) is -0.00109. The molecule has 0 saturated carbocycles. The zero-order valence-electron chi connectivity index (χ0n) is 12.7. The molecule has 0 aliphatic heterocycles. The van der Waals surface area contributed by atoms with Crippen LogP contribution in [0.5, 0.6) is 5.88 Å². The summed E-state index contributed by atoms with van der Waals surface area (Å²) < 4.78 is 34.6. The van der Waals surface area contributed by atoms with Crippen molar-refractivity contribution in [3.8, 4) is 5.88 Å². The van der Waals surface area contributed by atoms with Gasteiger partial charge in [-0.3, -0.25) is 0 Å². The first kappa shape index (κ1) is 18.0. The van der Waals surface area contributed by atoms with Gasteiger partial charge < -0.3 is 4.74 Å². The molecule has 4 nitrogen and oxygen atoms in total. The van der Waals surface area contributed by atoms with Gasteiger partial charge in [0.05, 0.1) is 29.3 Å². The summed E-state index contributed by atoms with van der Waals surface area (Å²) >= 11 is 5.71. The van der Waals surface area contributed by atoms with Crippen LogP contribution in [0.15, 0.2) is 16.7 Å². The Hall–Kier alpha value is -1.01. The number of ether oxygens (including phenoxy) is 1. The highest BCUT2D eigenvalue weighted by atomic mass is 35.5. The summed E-state index contributed by atoms with van der Waals surface area (Å²) in [6.45, 7) is 5.48. The fraction of sp³-hybridized carbons (Fsp3) is 0.571. The monoisotopic (exact) mass is 334 g/mol. The van der Waals surface area contributed by atoms with Gasteiger partial charge >= 0.3 is 0 Å². The van der Waals surface area contributed by atoms with Gasteiger partial charge in [0.15, 0.2) is 0 Å². The largest absolute Gasteiger partial charge is 0.481 e. The molecular weight excluding hydrogens is 315 g/mol. The number of nitrogens with zero attached hydrogens (tertiary/aromatic N) is 2. The van der Waals surface area contributed by atoms with Gasteiger partial charge in [-0.1, -0.05) is 0 Å². The maximum Gasteiger partial charge on any atom is 0.222 e. The molecule has 0 N–H and O–H groups in total. The molecule has 0 unspecified atom stereocenters. The van der Waals surface area contributed by atoms with Gasteiger partial charge in [0.25, 0.3) is 0 Å². The second-order valence-corrected chi connectivity index (χ2v) is 7.69. The van der Waals surface area contributed by atoms with Crippen LogP contribution in [-0.2, 0) is 11.0 Å². The van der Waals surface area contributed by atoms with Crippen LogP contribution in [-0.4, -0.2) is 32.6 Å². The van der Waals surface area contributed by atoms with Crippen LogP contribution in [0.2, 0.25) is 0 Å². The zero-order valence-corrected chi connectivity index (χ0v) is 14.2. The van der Waals surface area contributed by atoms with Crippen molar-refractivity contribution < 1.29 is 13.3 Å². The molecule has 21 heavy (non-hydrogen) atoms. The van der Waals surface area contributed by atoms with E-state index in [1.54, 1.807) is 0 Å². The number of hydrogen-bond acceptors (Lipinski definition) is 3. The summed E-state index contributed by atoms with van der Waals surface area (Å²) in [5.41, 5.74) is 0.910. The van der Waals surface area contributed by atoms with Gasteiger partial charge in [0.2, 0.25) is 5.88 Å². The lowest BCUT2D eigenvalue weighted by molar-refractivity contribution is 0.394. The second-order valence-electron chi connectivity index (χ2n) is 5.40. The standard InChI is InChI=1S/C14H20ClFN2O2S/c1-14(2,3)21(19)18-12(6-5-7-15)11-8-10(16)9-17-13(11)20-4/h8-9H,5-7H2,1-4H3/t21-/m0/s1. The second kappa shape index (κ2) is 7.84. The summed E-state index contributed by atoms with van der Waals surface area (Å²) in [5.74, 6) is 0.202. The quantitative estimate of drug-likeness (QED) is 0.591. The van der Waals surface area contributed by atoms with Crippen molar-refractivity contribution in [2.75, 3.05) is 13.0 Å². The number of rotatable bonds is 6. The number of hydrogen-bond donors (Lipinski definition) is 0. The third-order valence-corrected chi connectivity index (χ3v) is 4.29. The van der Waals surface area contributed by atoms with E-state index in [0.717, 1.165) is 6.20 Å². The topological polar surface area (TPSA) is 51.6 Å². The smallest absolute Gasteiger partial charge is 0.222 e. The van der Waals surface area contributed by atoms with Gasteiger partial charge in [-0.2, -0.15) is 4.40 Å². The molecule has 0 radical (unpaired) electrons. The predicted octanol–water partition coefficient (Wildman–Crippen LogP) is 3.50. The highest BCUT2D eigenvalue weighted by Crippen LogP contribution is 2.22. The first-order chi connectivity index (χ1) is 9.79. The lowest BCUT2D eigenvalue weighted by Gasteiger charge is -2.16. The Kier molecular flexibility index (Phi) is 6.74. The van der Waals surface area contributed by atoms with Gasteiger partial charge in [-0.05, 0) is 39.7 Å². The van der Waals surface area contributed by atoms with Crippen molar-refractivity contribution in [1.29, 1.82) is 0 Å². The fourth-order valence-electron chi connectivity index (χ4n) is 1.50. The van der Waals surface area contributed by atoms with Crippen molar-refractivity contribution in [2.45, 2.75) is 38.4 Å². The molecule has 0 fully saturated rings. The maximum absolute atomic E-state index is 13.5. The molecule has 1 rings (SSSR count). The molecule has 0 bridgehead atoms. The van der Waals surface area contributed by atoms with E-state index in [9.17, 15) is 8.60 Å². The van der Waals surface area contributed by atoms with Crippen LogP contribution >= 0.6 is 11.6 Å². The molecule has 0 spiro atoms. The lowest BCUT2D eigenvalue weighted by Crippen LogP contribution is -2.21. The summed E-state index contributed by atoms with van der Waals surface area (Å²) in [4.78, 5) is 3.89. The summed E-state index contributed by atoms with van der Waals surface area (Å²) in [6, 6.07) is 1.29. The minimum absolute atomic E-state index is 0.260. The average Bonchev–Trinajstić information content (AvgIpc) is 2.42. The van der Waals surface area contributed by atoms with Crippen LogP contribution in [0.4, 0.5) is 4.39 Å². The SMILES string of the molecule is COc1ncc(F)cc1C(CCCCl)=N[S@@](=O)C(C)(C)C. The molecule has 7 heteroatoms. The molecular formula is C14H20ClFN2O2S. The Labute approximate surface area is 132 Å². The Balaban J connectivity index is 3.28. The minimum atomic E-state index is -1.45. The predicted molar refractivity (Wildman–Crippen MR) is 85.1 cm³/mol. The fourth-order valence-corrected chi connectivity index (χ4v) is 2.29. The van der Waals surface area contributed by atoms with E-state index in [1.165, 1.54) is 13.2 Å². The van der Waals surface area contributed by atoms with Gasteiger partial charge in [0.1, 0.15) is 16.8 Å². The molecule has 1 aromatic rings. The number of halogens is 2. The Bertz CT molecular complexity index is 544. The van der Waals surface area contributed by atoms with Gasteiger partial charge in [-0.15, -0.1) is 11.6 Å². The first-order valence-electron chi connectivity index (χ1n) is 6.55. The lowest BCUT2D eigenvalue weighted by atomic mass is 10.1. The van der Waals surface area contributed by atoms with Crippen molar-refractivity contribution in [2.24, 2.45) is 4.40 Å². The molecule has 1 aromatic heterocycles. The van der Waals surface area contributed by atoms with E-state index in [4.69, 9.17) is 16.3 Å². The van der Waals surface area contributed by atoms with Crippen molar-refractivity contribution in [3.05, 3.63) is 23.6 Å². The van der Waals surface area contributed by atoms with Crippen LogP contribution in [0, 0.1) is 5.82 Å². The van der Waals surface area contributed by atoms with Crippen molar-refractivity contribution >= 4 is 28.3 Å². The zero-order chi connectivity index (χ0) is 16.0. The van der Waals surface area contributed by atoms with Crippen molar-refractivity contribution in [1.82, 2.24) is 4.98 Å². The molecule has 0 aromatic carbocycles. The van der Waals surface area contributed by atoms with Crippen LogP contribution in [0.25, 0.3) is 0 Å². The van der Waals surface area contributed by atoms with Crippen LogP contribution < -0.4 is 4.74 Å². The minimum Gasteiger partial charge on any atom is -0.481 e. The maximum atomic E-state index is 13.5. The van der Waals surface area contributed by atoms with E-state index in [1.807, 2.05) is 20.8 Å². The van der Waals surface area contributed by atoms with Gasteiger partial charge in [-0.25, -0.2) is 13.6 Å². The number of aromatic nitrogens is 1. The molecule has 0 aliphatic carbocycles. The van der Waals surface area contributed by atoms with Crippen molar-refractivity contribution in [3.63, 3.8) is 0 Å². The van der Waals surface area contributed by atoms with E-state index >= 15 is 0 Å². The highest BCUT2D eigenvalue weighted by molar-refractivity contribution is 7.85. The van der Waals surface area contributed by atoms with Crippen LogP contribution in [0.1, 0.15) is 39.2 Å². The third kappa shape index (κ3) is 5.36. The summed E-state index contributed by atoms with van der Waals surface area (Å²) in [6.07, 6.45) is 2.19. The third-order valence-electron chi connectivity index (χ3n) is 2.59. The number of alkyl halides is 1. The molecule has 0 amide bonds. The first-order valence-corrected chi connectivity index (χ1v) is 8.19. The number of methoxy groups -OCH3 is 1. The highest BCUT2D eigenvalue weighted by Gasteiger charge is 2.21. The Morgan fingerprint density at radius 2 is 2.19 bits per heavy atom. The Morgan fingerprint density at radius 1 is 1.52 bits per heavy atom. The van der Waals surface area contributed by atoms with Gasteiger partial charge in [0, 0.05) is 5.88 Å². The molecule has 118 valence electrons. The Morgan fingerprint density at radius 3 is 2.71 bits per heavy atom. The van der Waals surface area contributed by atoms with E-state index < -0.39 is 21.5 Å². The summed E-state index contributed by atoms with van der Waals surface area (Å²) in [5, 5.41) is 0. The molecule has 1 atom stereocenters.